The minimum Gasteiger partial charge on any atom is -0.510 e. The largest absolute Gasteiger partial charge is 0.510 e. The number of hydrogen-bond acceptors (Lipinski definition) is 6. The number of aromatic amines is 1. The molecule has 0 spiro atoms. The first-order valence-electron chi connectivity index (χ1n) is 10.2. The molecular formula is C22H24N6OS. The van der Waals surface area contributed by atoms with Crippen molar-refractivity contribution in [3.63, 3.8) is 0 Å². The SMILES string of the molecule is C=CCn1c(SC/C(O)=C(\C#N)c2nc3ccccc3[nH]2)nnc1C1CCCCC1. The molecule has 1 aromatic carbocycles. The lowest BCUT2D eigenvalue weighted by atomic mass is 9.89. The van der Waals surface area contributed by atoms with Gasteiger partial charge >= 0.3 is 0 Å². The summed E-state index contributed by atoms with van der Waals surface area (Å²) in [6.07, 6.45) is 7.84. The van der Waals surface area contributed by atoms with Crippen molar-refractivity contribution in [3.8, 4) is 6.07 Å². The topological polar surface area (TPSA) is 103 Å². The van der Waals surface area contributed by atoms with E-state index in [0.29, 0.717) is 18.3 Å². The molecule has 8 heteroatoms. The Morgan fingerprint density at radius 3 is 2.83 bits per heavy atom. The number of aliphatic hydroxyl groups excluding tert-OH is 1. The molecule has 2 aromatic heterocycles. The quantitative estimate of drug-likeness (QED) is 0.242. The summed E-state index contributed by atoms with van der Waals surface area (Å²) in [6, 6.07) is 9.60. The molecule has 0 saturated heterocycles. The molecule has 1 aliphatic carbocycles. The van der Waals surface area contributed by atoms with Crippen LogP contribution < -0.4 is 0 Å². The Morgan fingerprint density at radius 2 is 2.10 bits per heavy atom. The zero-order chi connectivity index (χ0) is 20.9. The Balaban J connectivity index is 1.56. The summed E-state index contributed by atoms with van der Waals surface area (Å²) in [7, 11) is 0. The molecule has 0 atom stereocenters. The van der Waals surface area contributed by atoms with Gasteiger partial charge in [-0.3, -0.25) is 0 Å². The number of imidazole rings is 1. The van der Waals surface area contributed by atoms with E-state index in [4.69, 9.17) is 0 Å². The highest BCUT2D eigenvalue weighted by atomic mass is 32.2. The van der Waals surface area contributed by atoms with E-state index in [0.717, 1.165) is 34.9 Å². The molecule has 0 unspecified atom stereocenters. The van der Waals surface area contributed by atoms with Gasteiger partial charge < -0.3 is 14.7 Å². The van der Waals surface area contributed by atoms with Crippen LogP contribution >= 0.6 is 11.8 Å². The van der Waals surface area contributed by atoms with Gasteiger partial charge in [0.1, 0.15) is 23.2 Å². The third-order valence-corrected chi connectivity index (χ3v) is 6.37. The third-order valence-electron chi connectivity index (χ3n) is 5.39. The summed E-state index contributed by atoms with van der Waals surface area (Å²) in [5.41, 5.74) is 1.72. The van der Waals surface area contributed by atoms with Crippen LogP contribution in [-0.2, 0) is 6.54 Å². The van der Waals surface area contributed by atoms with Gasteiger partial charge in [-0.1, -0.05) is 49.2 Å². The van der Waals surface area contributed by atoms with Gasteiger partial charge in [-0.15, -0.1) is 16.8 Å². The van der Waals surface area contributed by atoms with E-state index >= 15 is 0 Å². The monoisotopic (exact) mass is 420 g/mol. The lowest BCUT2D eigenvalue weighted by Gasteiger charge is -2.21. The van der Waals surface area contributed by atoms with Crippen molar-refractivity contribution in [2.75, 3.05) is 5.75 Å². The van der Waals surface area contributed by atoms with Crippen LogP contribution in [0.2, 0.25) is 0 Å². The van der Waals surface area contributed by atoms with E-state index in [1.165, 1.54) is 31.0 Å². The average Bonchev–Trinajstić information content (AvgIpc) is 3.38. The Hall–Kier alpha value is -3.05. The van der Waals surface area contributed by atoms with E-state index in [-0.39, 0.29) is 17.1 Å². The summed E-state index contributed by atoms with van der Waals surface area (Å²) in [6.45, 7) is 4.49. The average molecular weight is 421 g/mol. The fraction of sp³-hybridized carbons (Fsp3) is 0.364. The van der Waals surface area contributed by atoms with E-state index in [1.807, 2.05) is 30.3 Å². The molecule has 1 saturated carbocycles. The summed E-state index contributed by atoms with van der Waals surface area (Å²) >= 11 is 1.37. The van der Waals surface area contributed by atoms with Gasteiger partial charge in [0, 0.05) is 12.5 Å². The van der Waals surface area contributed by atoms with Gasteiger partial charge in [0.25, 0.3) is 0 Å². The second kappa shape index (κ2) is 9.18. The number of rotatable bonds is 7. The molecule has 2 N–H and O–H groups in total. The summed E-state index contributed by atoms with van der Waals surface area (Å²) in [5.74, 6) is 1.97. The molecule has 1 aliphatic rings. The van der Waals surface area contributed by atoms with E-state index in [9.17, 15) is 10.4 Å². The Labute approximate surface area is 179 Å². The first-order valence-corrected chi connectivity index (χ1v) is 11.1. The number of H-pyrrole nitrogens is 1. The van der Waals surface area contributed by atoms with E-state index in [2.05, 4.69) is 37.4 Å². The maximum Gasteiger partial charge on any atom is 0.191 e. The number of nitriles is 1. The number of nitrogens with one attached hydrogen (secondary N) is 1. The maximum atomic E-state index is 10.6. The van der Waals surface area contributed by atoms with Gasteiger partial charge in [-0.05, 0) is 25.0 Å². The highest BCUT2D eigenvalue weighted by Gasteiger charge is 2.23. The van der Waals surface area contributed by atoms with Gasteiger partial charge in [0.2, 0.25) is 0 Å². The van der Waals surface area contributed by atoms with Gasteiger partial charge in [-0.2, -0.15) is 5.26 Å². The molecule has 154 valence electrons. The number of benzene rings is 1. The van der Waals surface area contributed by atoms with Gasteiger partial charge in [0.15, 0.2) is 11.0 Å². The van der Waals surface area contributed by atoms with Crippen molar-refractivity contribution in [2.24, 2.45) is 0 Å². The summed E-state index contributed by atoms with van der Waals surface area (Å²) < 4.78 is 2.08. The number of hydrogen-bond donors (Lipinski definition) is 2. The number of nitrogens with zero attached hydrogens (tertiary/aromatic N) is 5. The Morgan fingerprint density at radius 1 is 1.30 bits per heavy atom. The van der Waals surface area contributed by atoms with E-state index < -0.39 is 0 Å². The molecule has 0 bridgehead atoms. The number of aromatic nitrogens is 5. The molecule has 3 aromatic rings. The Kier molecular flexibility index (Phi) is 6.19. The van der Waals surface area contributed by atoms with Gasteiger partial charge in [-0.25, -0.2) is 4.98 Å². The van der Waals surface area contributed by atoms with Crippen molar-refractivity contribution in [1.82, 2.24) is 24.7 Å². The minimum absolute atomic E-state index is 0.0334. The van der Waals surface area contributed by atoms with Crippen LogP contribution in [0, 0.1) is 11.3 Å². The standard InChI is InChI=1S/C22H24N6OS/c1-2-12-28-21(15-8-4-3-5-9-15)26-27-22(28)30-14-19(29)16(13-23)20-24-17-10-6-7-11-18(17)25-20/h2,6-7,10-11,15,29H,1,3-5,8-9,12,14H2,(H,24,25)/b19-16-. The summed E-state index contributed by atoms with van der Waals surface area (Å²) in [4.78, 5) is 7.52. The van der Waals surface area contributed by atoms with Crippen molar-refractivity contribution < 1.29 is 5.11 Å². The Bertz CT molecular complexity index is 1080. The molecular weight excluding hydrogens is 396 g/mol. The van der Waals surface area contributed by atoms with Crippen molar-refractivity contribution in [2.45, 2.75) is 49.7 Å². The predicted molar refractivity (Wildman–Crippen MR) is 118 cm³/mol. The van der Waals surface area contributed by atoms with Crippen LogP contribution in [0.3, 0.4) is 0 Å². The molecule has 2 heterocycles. The van der Waals surface area contributed by atoms with Crippen molar-refractivity contribution >= 4 is 28.4 Å². The smallest absolute Gasteiger partial charge is 0.191 e. The third kappa shape index (κ3) is 4.12. The lowest BCUT2D eigenvalue weighted by Crippen LogP contribution is -2.12. The summed E-state index contributed by atoms with van der Waals surface area (Å²) in [5, 5.41) is 29.8. The minimum atomic E-state index is -0.0334. The molecule has 0 aliphatic heterocycles. The molecule has 30 heavy (non-hydrogen) atoms. The van der Waals surface area contributed by atoms with Crippen LogP contribution in [0.1, 0.15) is 49.7 Å². The second-order valence-electron chi connectivity index (χ2n) is 7.40. The maximum absolute atomic E-state index is 10.6. The van der Waals surface area contributed by atoms with Crippen LogP contribution in [0.4, 0.5) is 0 Å². The first kappa shape index (κ1) is 20.2. The molecule has 0 radical (unpaired) electrons. The predicted octanol–water partition coefficient (Wildman–Crippen LogP) is 4.97. The van der Waals surface area contributed by atoms with Crippen LogP contribution in [0.15, 0.2) is 47.8 Å². The van der Waals surface area contributed by atoms with Gasteiger partial charge in [0.05, 0.1) is 16.8 Å². The highest BCUT2D eigenvalue weighted by Crippen LogP contribution is 2.33. The van der Waals surface area contributed by atoms with Crippen molar-refractivity contribution in [1.29, 1.82) is 5.26 Å². The van der Waals surface area contributed by atoms with Crippen molar-refractivity contribution in [3.05, 3.63) is 54.3 Å². The van der Waals surface area contributed by atoms with E-state index in [1.54, 1.807) is 0 Å². The van der Waals surface area contributed by atoms with Crippen LogP contribution in [0.5, 0.6) is 0 Å². The zero-order valence-corrected chi connectivity index (χ0v) is 17.5. The second-order valence-corrected chi connectivity index (χ2v) is 8.34. The molecule has 0 amide bonds. The highest BCUT2D eigenvalue weighted by molar-refractivity contribution is 7.99. The fourth-order valence-corrected chi connectivity index (χ4v) is 4.73. The molecule has 1 fully saturated rings. The molecule has 4 rings (SSSR count). The zero-order valence-electron chi connectivity index (χ0n) is 16.7. The molecule has 7 nitrogen and oxygen atoms in total. The van der Waals surface area contributed by atoms with Crippen LogP contribution in [0.25, 0.3) is 16.6 Å². The lowest BCUT2D eigenvalue weighted by molar-refractivity contribution is 0.415. The number of allylic oxidation sites excluding steroid dienone is 2. The fourth-order valence-electron chi connectivity index (χ4n) is 3.90. The number of para-hydroxylation sites is 2. The number of fused-ring (bicyclic) bond motifs is 1. The number of aliphatic hydroxyl groups is 1. The number of thioether (sulfide) groups is 1. The normalized spacial score (nSPS) is 15.7. The van der Waals surface area contributed by atoms with Crippen LogP contribution in [-0.4, -0.2) is 35.6 Å². The first-order chi connectivity index (χ1) is 14.7.